The van der Waals surface area contributed by atoms with Gasteiger partial charge < -0.3 is 15.3 Å². The molecule has 0 aromatic carbocycles. The third kappa shape index (κ3) is 2.84. The van der Waals surface area contributed by atoms with Crippen molar-refractivity contribution < 1.29 is 15.3 Å². The molecule has 0 saturated heterocycles. The standard InChI is InChI=1S/C13H24O3/c1-8(14)5-6-10-9(2)12(16)11(15)7-13(10,3)4/h5-6,8-12,14-16H,7H2,1-4H3/t8-,9+,10+,11+,12+/m1/s1. The van der Waals surface area contributed by atoms with Gasteiger partial charge >= 0.3 is 0 Å². The first-order chi connectivity index (χ1) is 7.25. The Labute approximate surface area is 97.8 Å². The zero-order valence-corrected chi connectivity index (χ0v) is 10.6. The summed E-state index contributed by atoms with van der Waals surface area (Å²) in [5, 5.41) is 28.9. The van der Waals surface area contributed by atoms with Gasteiger partial charge in [-0.1, -0.05) is 32.9 Å². The van der Waals surface area contributed by atoms with Crippen molar-refractivity contribution in [3.05, 3.63) is 12.2 Å². The summed E-state index contributed by atoms with van der Waals surface area (Å²) >= 11 is 0. The highest BCUT2D eigenvalue weighted by Crippen LogP contribution is 2.44. The van der Waals surface area contributed by atoms with Gasteiger partial charge in [0, 0.05) is 0 Å². The van der Waals surface area contributed by atoms with Gasteiger partial charge in [-0.25, -0.2) is 0 Å². The number of allylic oxidation sites excluding steroid dienone is 1. The van der Waals surface area contributed by atoms with Crippen LogP contribution in [-0.4, -0.2) is 33.6 Å². The molecule has 0 aliphatic heterocycles. The maximum absolute atomic E-state index is 9.87. The molecule has 94 valence electrons. The fourth-order valence-corrected chi connectivity index (χ4v) is 2.79. The van der Waals surface area contributed by atoms with Gasteiger partial charge in [0.05, 0.1) is 18.3 Å². The van der Waals surface area contributed by atoms with E-state index in [2.05, 4.69) is 13.8 Å². The van der Waals surface area contributed by atoms with Crippen LogP contribution >= 0.6 is 0 Å². The van der Waals surface area contributed by atoms with Gasteiger partial charge in [0.2, 0.25) is 0 Å². The first-order valence-electron chi connectivity index (χ1n) is 5.98. The second-order valence-electron chi connectivity index (χ2n) is 5.76. The first-order valence-corrected chi connectivity index (χ1v) is 5.98. The van der Waals surface area contributed by atoms with E-state index in [0.717, 1.165) is 0 Å². The van der Waals surface area contributed by atoms with Crippen molar-refractivity contribution >= 4 is 0 Å². The minimum Gasteiger partial charge on any atom is -0.390 e. The fourth-order valence-electron chi connectivity index (χ4n) is 2.79. The van der Waals surface area contributed by atoms with E-state index in [-0.39, 0.29) is 17.3 Å². The number of rotatable bonds is 2. The van der Waals surface area contributed by atoms with Crippen LogP contribution in [0.2, 0.25) is 0 Å². The normalized spacial score (nSPS) is 41.2. The molecule has 1 fully saturated rings. The molecule has 1 aliphatic rings. The monoisotopic (exact) mass is 228 g/mol. The first kappa shape index (κ1) is 13.7. The van der Waals surface area contributed by atoms with Gasteiger partial charge in [-0.3, -0.25) is 0 Å². The Kier molecular flexibility index (Phi) is 4.16. The summed E-state index contributed by atoms with van der Waals surface area (Å²) in [6.07, 6.45) is 2.55. The number of aliphatic hydroxyl groups is 3. The summed E-state index contributed by atoms with van der Waals surface area (Å²) < 4.78 is 0. The Morgan fingerprint density at radius 2 is 1.88 bits per heavy atom. The van der Waals surface area contributed by atoms with Crippen LogP contribution in [0.15, 0.2) is 12.2 Å². The lowest BCUT2D eigenvalue weighted by Gasteiger charge is -2.46. The lowest BCUT2D eigenvalue weighted by atomic mass is 9.62. The van der Waals surface area contributed by atoms with Crippen molar-refractivity contribution in [3.63, 3.8) is 0 Å². The van der Waals surface area contributed by atoms with E-state index in [9.17, 15) is 15.3 Å². The van der Waals surface area contributed by atoms with Crippen LogP contribution in [0.3, 0.4) is 0 Å². The van der Waals surface area contributed by atoms with Crippen LogP contribution < -0.4 is 0 Å². The largest absolute Gasteiger partial charge is 0.390 e. The lowest BCUT2D eigenvalue weighted by Crippen LogP contribution is -2.48. The topological polar surface area (TPSA) is 60.7 Å². The summed E-state index contributed by atoms with van der Waals surface area (Å²) in [6.45, 7) is 7.85. The Morgan fingerprint density at radius 3 is 2.38 bits per heavy atom. The van der Waals surface area contributed by atoms with Crippen LogP contribution in [0.5, 0.6) is 0 Å². The molecule has 0 amide bonds. The van der Waals surface area contributed by atoms with Gasteiger partial charge in [-0.2, -0.15) is 0 Å². The number of hydrogen-bond donors (Lipinski definition) is 3. The molecule has 1 saturated carbocycles. The highest BCUT2D eigenvalue weighted by atomic mass is 16.3. The summed E-state index contributed by atoms with van der Waals surface area (Å²) in [7, 11) is 0. The van der Waals surface area contributed by atoms with Gasteiger partial charge in [-0.15, -0.1) is 0 Å². The Hall–Kier alpha value is -0.380. The van der Waals surface area contributed by atoms with Gasteiger partial charge in [0.1, 0.15) is 0 Å². The molecular formula is C13H24O3. The molecule has 16 heavy (non-hydrogen) atoms. The summed E-state index contributed by atoms with van der Waals surface area (Å²) in [4.78, 5) is 0. The van der Waals surface area contributed by atoms with Crippen molar-refractivity contribution in [2.45, 2.75) is 52.4 Å². The number of hydrogen-bond acceptors (Lipinski definition) is 3. The molecule has 1 aliphatic carbocycles. The predicted octanol–water partition coefficient (Wildman–Crippen LogP) is 1.33. The zero-order valence-electron chi connectivity index (χ0n) is 10.6. The van der Waals surface area contributed by atoms with Crippen molar-refractivity contribution in [3.8, 4) is 0 Å². The smallest absolute Gasteiger partial charge is 0.0830 e. The van der Waals surface area contributed by atoms with Crippen molar-refractivity contribution in [1.29, 1.82) is 0 Å². The minimum absolute atomic E-state index is 0.00810. The van der Waals surface area contributed by atoms with Crippen molar-refractivity contribution in [2.24, 2.45) is 17.3 Å². The summed E-state index contributed by atoms with van der Waals surface area (Å²) in [5.41, 5.74) is -0.0521. The van der Waals surface area contributed by atoms with Gasteiger partial charge in [0.25, 0.3) is 0 Å². The second kappa shape index (κ2) is 4.86. The van der Waals surface area contributed by atoms with E-state index in [4.69, 9.17) is 0 Å². The second-order valence-corrected chi connectivity index (χ2v) is 5.76. The van der Waals surface area contributed by atoms with E-state index < -0.39 is 18.3 Å². The van der Waals surface area contributed by atoms with E-state index in [0.29, 0.717) is 6.42 Å². The molecule has 3 N–H and O–H groups in total. The van der Waals surface area contributed by atoms with E-state index in [1.165, 1.54) is 0 Å². The lowest BCUT2D eigenvalue weighted by molar-refractivity contribution is -0.0970. The maximum Gasteiger partial charge on any atom is 0.0830 e. The average molecular weight is 228 g/mol. The Balaban J connectivity index is 2.87. The summed E-state index contributed by atoms with van der Waals surface area (Å²) in [6, 6.07) is 0. The van der Waals surface area contributed by atoms with Crippen LogP contribution in [0.4, 0.5) is 0 Å². The molecule has 0 aromatic heterocycles. The van der Waals surface area contributed by atoms with E-state index in [1.54, 1.807) is 13.0 Å². The summed E-state index contributed by atoms with van der Waals surface area (Å²) in [5.74, 6) is 0.189. The molecule has 0 aromatic rings. The molecule has 5 atom stereocenters. The predicted molar refractivity (Wildman–Crippen MR) is 63.9 cm³/mol. The molecule has 0 spiro atoms. The third-order valence-corrected chi connectivity index (χ3v) is 3.73. The van der Waals surface area contributed by atoms with Crippen LogP contribution in [0, 0.1) is 17.3 Å². The molecule has 3 heteroatoms. The van der Waals surface area contributed by atoms with E-state index in [1.807, 2.05) is 13.0 Å². The molecule has 0 unspecified atom stereocenters. The Morgan fingerprint density at radius 1 is 1.31 bits per heavy atom. The highest BCUT2D eigenvalue weighted by Gasteiger charge is 2.44. The van der Waals surface area contributed by atoms with E-state index >= 15 is 0 Å². The van der Waals surface area contributed by atoms with Crippen molar-refractivity contribution in [2.75, 3.05) is 0 Å². The maximum atomic E-state index is 9.87. The molecule has 0 bridgehead atoms. The quantitative estimate of drug-likeness (QED) is 0.625. The number of aliphatic hydroxyl groups excluding tert-OH is 3. The highest BCUT2D eigenvalue weighted by molar-refractivity contribution is 5.05. The molecule has 0 radical (unpaired) electrons. The molecule has 3 nitrogen and oxygen atoms in total. The molecule has 0 heterocycles. The van der Waals surface area contributed by atoms with Crippen LogP contribution in [0.25, 0.3) is 0 Å². The third-order valence-electron chi connectivity index (χ3n) is 3.73. The van der Waals surface area contributed by atoms with Gasteiger partial charge in [0.15, 0.2) is 0 Å². The molecule has 1 rings (SSSR count). The fraction of sp³-hybridized carbons (Fsp3) is 0.846. The average Bonchev–Trinajstić information content (AvgIpc) is 2.12. The SMILES string of the molecule is C[C@@H]1[C@H](O)[C@@H](O)CC(C)(C)[C@H]1C=C[C@@H](C)O. The Bertz CT molecular complexity index is 258. The zero-order chi connectivity index (χ0) is 12.5. The minimum atomic E-state index is -0.670. The van der Waals surface area contributed by atoms with Gasteiger partial charge in [-0.05, 0) is 30.6 Å². The van der Waals surface area contributed by atoms with Crippen LogP contribution in [-0.2, 0) is 0 Å². The van der Waals surface area contributed by atoms with Crippen molar-refractivity contribution in [1.82, 2.24) is 0 Å². The van der Waals surface area contributed by atoms with Crippen LogP contribution in [0.1, 0.15) is 34.1 Å². The molecular weight excluding hydrogens is 204 g/mol.